The lowest BCUT2D eigenvalue weighted by Gasteiger charge is -2.51. The van der Waals surface area contributed by atoms with Crippen LogP contribution in [-0.4, -0.2) is 34.0 Å². The van der Waals surface area contributed by atoms with Gasteiger partial charge in [0.15, 0.2) is 5.60 Å². The summed E-state index contributed by atoms with van der Waals surface area (Å²) in [5.41, 5.74) is 1.96. The molecule has 3 atom stereocenters. The van der Waals surface area contributed by atoms with Crippen molar-refractivity contribution in [2.24, 2.45) is 5.73 Å². The predicted molar refractivity (Wildman–Crippen MR) is 233 cm³/mol. The van der Waals surface area contributed by atoms with Crippen molar-refractivity contribution in [3.05, 3.63) is 24.3 Å². The molecule has 0 saturated carbocycles. The number of nitrogens with two attached hydrogens (primary N) is 1. The monoisotopic (exact) mass is 814 g/mol. The Kier molecular flexibility index (Phi) is 35.9. The molecule has 0 aliphatic heterocycles. The minimum Gasteiger partial charge on any atom is -0.450 e. The zero-order valence-electron chi connectivity index (χ0n) is 35.8. The van der Waals surface area contributed by atoms with E-state index in [-0.39, 0.29) is 29.8 Å². The van der Waals surface area contributed by atoms with Gasteiger partial charge in [0.1, 0.15) is 5.60 Å². The highest BCUT2D eigenvalue weighted by atomic mass is 79.9. The second-order valence-corrected chi connectivity index (χ2v) is 15.9. The number of esters is 2. The van der Waals surface area contributed by atoms with Crippen molar-refractivity contribution in [2.45, 2.75) is 258 Å². The topological polar surface area (TPSA) is 98.9 Å². The highest BCUT2D eigenvalue weighted by Crippen LogP contribution is 2.41. The predicted octanol–water partition coefficient (Wildman–Crippen LogP) is 14.1. The molecule has 53 heavy (non-hydrogen) atoms. The minimum absolute atomic E-state index is 0. The number of rotatable bonds is 37. The molecule has 6 nitrogen and oxygen atoms in total. The quantitative estimate of drug-likeness (QED) is 0.0280. The molecule has 0 fully saturated rings. The molecule has 0 aliphatic carbocycles. The second-order valence-electron chi connectivity index (χ2n) is 15.9. The van der Waals surface area contributed by atoms with E-state index in [0.717, 1.165) is 64.2 Å². The first-order valence-electron chi connectivity index (χ1n) is 22.3. The van der Waals surface area contributed by atoms with Gasteiger partial charge < -0.3 is 14.6 Å². The average Bonchev–Trinajstić information content (AvgIpc) is 3.11. The van der Waals surface area contributed by atoms with Crippen molar-refractivity contribution in [3.8, 4) is 0 Å². The van der Waals surface area contributed by atoms with Crippen molar-refractivity contribution in [1.29, 1.82) is 0 Å². The standard InChI is InChI=1S/C46H87NO5.BrH/c1-7-11-13-15-17-19-21-23-25-27-29-31-33-35-37-39-42(48)51-44(5,46(50,10-4)41-9-3)45(6,47)52-43(49)40-38-36-34-32-30-28-26-24-22-20-18-16-14-12-8-2;/h23-26,50H,7-22,27-41,47H2,1-6H3;1H/b25-23-,26-24-;. The van der Waals surface area contributed by atoms with Crippen LogP contribution < -0.4 is 5.73 Å². The third kappa shape index (κ3) is 26.3. The van der Waals surface area contributed by atoms with Crippen LogP contribution in [-0.2, 0) is 19.1 Å². The zero-order chi connectivity index (χ0) is 38.8. The molecule has 0 aromatic carbocycles. The molecule has 0 radical (unpaired) electrons. The van der Waals surface area contributed by atoms with E-state index in [4.69, 9.17) is 15.2 Å². The maximum Gasteiger partial charge on any atom is 0.307 e. The van der Waals surface area contributed by atoms with Gasteiger partial charge in [0.05, 0.1) is 0 Å². The molecule has 3 unspecified atom stereocenters. The fourth-order valence-corrected chi connectivity index (χ4v) is 7.17. The summed E-state index contributed by atoms with van der Waals surface area (Å²) < 4.78 is 11.9. The van der Waals surface area contributed by atoms with Crippen molar-refractivity contribution in [1.82, 2.24) is 0 Å². The Morgan fingerprint density at radius 1 is 0.509 bits per heavy atom. The number of carbonyl (C=O) groups excluding carboxylic acids is 2. The molecule has 314 valence electrons. The van der Waals surface area contributed by atoms with Gasteiger partial charge in [-0.15, -0.1) is 17.0 Å². The average molecular weight is 815 g/mol. The number of halogens is 1. The van der Waals surface area contributed by atoms with Crippen molar-refractivity contribution < 1.29 is 24.2 Å². The van der Waals surface area contributed by atoms with Crippen molar-refractivity contribution in [2.75, 3.05) is 0 Å². The van der Waals surface area contributed by atoms with E-state index in [1.807, 2.05) is 13.8 Å². The van der Waals surface area contributed by atoms with Gasteiger partial charge in [-0.1, -0.05) is 161 Å². The summed E-state index contributed by atoms with van der Waals surface area (Å²) in [6.07, 6.45) is 42.0. The van der Waals surface area contributed by atoms with E-state index in [9.17, 15) is 14.7 Å². The van der Waals surface area contributed by atoms with Gasteiger partial charge in [-0.3, -0.25) is 15.3 Å². The number of hydrogen-bond acceptors (Lipinski definition) is 6. The number of allylic oxidation sites excluding steroid dienone is 4. The Labute approximate surface area is 339 Å². The SMILES string of the molecule is Br.CCCCCCCC/C=C\CCCCCCCC(=O)OC(C)(N)C(C)(OC(=O)CCCCCCC/C=C\CCCCCCCC)C(O)(CC)CCC. The molecule has 0 bridgehead atoms. The molecule has 0 saturated heterocycles. The first-order chi connectivity index (χ1) is 25.0. The Hall–Kier alpha value is -1.18. The number of hydrogen-bond donors (Lipinski definition) is 2. The highest BCUT2D eigenvalue weighted by Gasteiger charge is 2.60. The number of carbonyl (C=O) groups is 2. The normalized spacial score (nSPS) is 15.2. The van der Waals surface area contributed by atoms with E-state index in [2.05, 4.69) is 38.2 Å². The van der Waals surface area contributed by atoms with Crippen LogP contribution in [0, 0.1) is 0 Å². The van der Waals surface area contributed by atoms with Crippen LogP contribution in [0.1, 0.15) is 241 Å². The third-order valence-electron chi connectivity index (χ3n) is 11.0. The number of aliphatic hydroxyl groups is 1. The molecule has 3 N–H and O–H groups in total. The van der Waals surface area contributed by atoms with Crippen LogP contribution in [0.15, 0.2) is 24.3 Å². The Bertz CT molecular complexity index is 922. The zero-order valence-corrected chi connectivity index (χ0v) is 37.5. The van der Waals surface area contributed by atoms with Gasteiger partial charge in [-0.05, 0) is 90.9 Å². The smallest absolute Gasteiger partial charge is 0.307 e. The molecule has 0 spiro atoms. The summed E-state index contributed by atoms with van der Waals surface area (Å²) >= 11 is 0. The maximum absolute atomic E-state index is 13.2. The van der Waals surface area contributed by atoms with E-state index < -0.39 is 28.9 Å². The van der Waals surface area contributed by atoms with E-state index in [1.54, 1.807) is 13.8 Å². The summed E-state index contributed by atoms with van der Waals surface area (Å²) in [4.78, 5) is 26.2. The molecule has 0 aromatic rings. The van der Waals surface area contributed by atoms with Crippen LogP contribution in [0.5, 0.6) is 0 Å². The summed E-state index contributed by atoms with van der Waals surface area (Å²) in [5.74, 6) is -0.829. The Morgan fingerprint density at radius 2 is 0.830 bits per heavy atom. The van der Waals surface area contributed by atoms with E-state index in [1.165, 1.54) is 103 Å². The molecular weight excluding hydrogens is 726 g/mol. The van der Waals surface area contributed by atoms with Crippen LogP contribution in [0.2, 0.25) is 0 Å². The van der Waals surface area contributed by atoms with Gasteiger partial charge >= 0.3 is 11.9 Å². The fourth-order valence-electron chi connectivity index (χ4n) is 7.17. The Morgan fingerprint density at radius 3 is 1.17 bits per heavy atom. The first kappa shape index (κ1) is 53.9. The molecular formula is C46H88BrNO5. The second kappa shape index (κ2) is 35.2. The maximum atomic E-state index is 13.2. The fraction of sp³-hybridized carbons (Fsp3) is 0.870. The number of unbranched alkanes of at least 4 members (excludes halogenated alkanes) is 22. The molecule has 0 heterocycles. The minimum atomic E-state index is -1.69. The van der Waals surface area contributed by atoms with Crippen molar-refractivity contribution >= 4 is 28.9 Å². The third-order valence-corrected chi connectivity index (χ3v) is 11.0. The lowest BCUT2D eigenvalue weighted by atomic mass is 9.72. The first-order valence-corrected chi connectivity index (χ1v) is 22.3. The van der Waals surface area contributed by atoms with E-state index in [0.29, 0.717) is 19.3 Å². The molecule has 0 aliphatic rings. The van der Waals surface area contributed by atoms with Crippen LogP contribution >= 0.6 is 17.0 Å². The number of ether oxygens (including phenoxy) is 2. The summed E-state index contributed by atoms with van der Waals surface area (Å²) in [5, 5.41) is 11.8. The van der Waals surface area contributed by atoms with Crippen LogP contribution in [0.4, 0.5) is 0 Å². The van der Waals surface area contributed by atoms with Gasteiger partial charge in [0, 0.05) is 12.8 Å². The van der Waals surface area contributed by atoms with Crippen LogP contribution in [0.25, 0.3) is 0 Å². The lowest BCUT2D eigenvalue weighted by Crippen LogP contribution is -2.71. The summed E-state index contributed by atoms with van der Waals surface area (Å²) in [6, 6.07) is 0. The van der Waals surface area contributed by atoms with Crippen LogP contribution in [0.3, 0.4) is 0 Å². The van der Waals surface area contributed by atoms with E-state index >= 15 is 0 Å². The summed E-state index contributed by atoms with van der Waals surface area (Å²) in [7, 11) is 0. The largest absolute Gasteiger partial charge is 0.450 e. The highest BCUT2D eigenvalue weighted by molar-refractivity contribution is 8.93. The van der Waals surface area contributed by atoms with Gasteiger partial charge in [-0.25, -0.2) is 0 Å². The van der Waals surface area contributed by atoms with Crippen molar-refractivity contribution in [3.63, 3.8) is 0 Å². The molecule has 7 heteroatoms. The summed E-state index contributed by atoms with van der Waals surface area (Å²) in [6.45, 7) is 11.5. The van der Waals surface area contributed by atoms with Gasteiger partial charge in [0.2, 0.25) is 5.72 Å². The molecule has 0 rings (SSSR count). The molecule has 0 aromatic heterocycles. The molecule has 0 amide bonds. The Balaban J connectivity index is 0. The van der Waals surface area contributed by atoms with Gasteiger partial charge in [-0.2, -0.15) is 0 Å². The van der Waals surface area contributed by atoms with Gasteiger partial charge in [0.25, 0.3) is 0 Å². The lowest BCUT2D eigenvalue weighted by molar-refractivity contribution is -0.258.